The molecule has 0 aromatic heterocycles. The van der Waals surface area contributed by atoms with E-state index in [9.17, 15) is 19.5 Å². The predicted molar refractivity (Wildman–Crippen MR) is 272 cm³/mol. The zero-order valence-corrected chi connectivity index (χ0v) is 42.9. The smallest absolute Gasteiger partial charge is 0.361 e. The zero-order valence-electron chi connectivity index (χ0n) is 42.9. The first-order valence-electron chi connectivity index (χ1n) is 26.8. The lowest BCUT2D eigenvalue weighted by molar-refractivity contribution is -0.870. The van der Waals surface area contributed by atoms with Gasteiger partial charge in [-0.1, -0.05) is 191 Å². The van der Waals surface area contributed by atoms with Crippen LogP contribution in [0.5, 0.6) is 0 Å². The Labute approximate surface area is 400 Å². The van der Waals surface area contributed by atoms with Crippen molar-refractivity contribution >= 4 is 17.9 Å². The van der Waals surface area contributed by atoms with Crippen LogP contribution in [0.2, 0.25) is 0 Å². The van der Waals surface area contributed by atoms with Crippen LogP contribution in [-0.2, 0) is 33.3 Å². The monoisotopic (exact) mass is 917 g/mol. The van der Waals surface area contributed by atoms with Gasteiger partial charge < -0.3 is 28.5 Å². The highest BCUT2D eigenvalue weighted by Gasteiger charge is 2.25. The van der Waals surface area contributed by atoms with E-state index in [1.807, 2.05) is 21.1 Å². The molecule has 9 heteroatoms. The van der Waals surface area contributed by atoms with Gasteiger partial charge in [-0.25, -0.2) is 4.79 Å². The van der Waals surface area contributed by atoms with Crippen molar-refractivity contribution < 1.29 is 42.9 Å². The molecule has 0 aromatic carbocycles. The molecular weight excluding hydrogens is 815 g/mol. The van der Waals surface area contributed by atoms with Crippen molar-refractivity contribution in [2.75, 3.05) is 47.5 Å². The molecule has 0 fully saturated rings. The van der Waals surface area contributed by atoms with Gasteiger partial charge in [0.15, 0.2) is 6.10 Å². The number of unbranched alkanes of at least 4 members (excludes halogenated alkanes) is 26. The Hall–Kier alpha value is -2.75. The second-order valence-electron chi connectivity index (χ2n) is 19.2. The van der Waals surface area contributed by atoms with Crippen molar-refractivity contribution in [1.82, 2.24) is 0 Å². The van der Waals surface area contributed by atoms with E-state index >= 15 is 0 Å². The maximum absolute atomic E-state index is 12.8. The molecule has 65 heavy (non-hydrogen) atoms. The number of carboxylic acid groups (broad SMARTS) is 1. The van der Waals surface area contributed by atoms with Crippen LogP contribution in [0.3, 0.4) is 0 Å². The van der Waals surface area contributed by atoms with E-state index in [1.165, 1.54) is 135 Å². The molecule has 0 radical (unpaired) electrons. The zero-order chi connectivity index (χ0) is 47.7. The Morgan fingerprint density at radius 1 is 0.462 bits per heavy atom. The van der Waals surface area contributed by atoms with Crippen LogP contribution < -0.4 is 0 Å². The second-order valence-corrected chi connectivity index (χ2v) is 19.2. The summed E-state index contributed by atoms with van der Waals surface area (Å²) >= 11 is 0. The van der Waals surface area contributed by atoms with E-state index in [4.69, 9.17) is 18.9 Å². The molecule has 0 bridgehead atoms. The summed E-state index contributed by atoms with van der Waals surface area (Å²) < 4.78 is 22.8. The number of carboxylic acids is 1. The Bertz CT molecular complexity index is 1210. The number of aliphatic carboxylic acids is 1. The first-order valence-corrected chi connectivity index (χ1v) is 26.8. The molecular formula is C56H102NO8+. The van der Waals surface area contributed by atoms with E-state index in [2.05, 4.69) is 62.5 Å². The molecule has 0 aromatic rings. The van der Waals surface area contributed by atoms with Gasteiger partial charge in [0.1, 0.15) is 13.2 Å². The molecule has 0 rings (SSSR count). The maximum Gasteiger partial charge on any atom is 0.361 e. The third kappa shape index (κ3) is 49.0. The van der Waals surface area contributed by atoms with Crippen LogP contribution >= 0.6 is 0 Å². The van der Waals surface area contributed by atoms with Crippen LogP contribution in [0.4, 0.5) is 0 Å². The van der Waals surface area contributed by atoms with Crippen molar-refractivity contribution in [1.29, 1.82) is 0 Å². The Morgan fingerprint density at radius 3 is 1.26 bits per heavy atom. The van der Waals surface area contributed by atoms with Crippen molar-refractivity contribution in [2.24, 2.45) is 0 Å². The summed E-state index contributed by atoms with van der Waals surface area (Å²) in [6, 6.07) is 0. The third-order valence-corrected chi connectivity index (χ3v) is 11.6. The van der Waals surface area contributed by atoms with Gasteiger partial charge in [-0.15, -0.1) is 0 Å². The quantitative estimate of drug-likeness (QED) is 0.0211. The number of allylic oxidation sites excluding steroid dienone is 8. The number of nitrogens with zero attached hydrogens (tertiary/aromatic N) is 1. The Morgan fingerprint density at radius 2 is 0.831 bits per heavy atom. The summed E-state index contributed by atoms with van der Waals surface area (Å²) in [6.07, 6.45) is 54.7. The molecule has 2 atom stereocenters. The fraction of sp³-hybridized carbons (Fsp3) is 0.804. The van der Waals surface area contributed by atoms with Gasteiger partial charge in [0, 0.05) is 12.8 Å². The lowest BCUT2D eigenvalue weighted by atomic mass is 10.0. The van der Waals surface area contributed by atoms with Gasteiger partial charge in [-0.05, 0) is 77.0 Å². The minimum Gasteiger partial charge on any atom is -0.477 e. The van der Waals surface area contributed by atoms with E-state index in [-0.39, 0.29) is 32.2 Å². The number of ether oxygens (including phenoxy) is 4. The molecule has 0 saturated heterocycles. The summed E-state index contributed by atoms with van der Waals surface area (Å²) in [5.74, 6) is -2.02. The van der Waals surface area contributed by atoms with Gasteiger partial charge >= 0.3 is 17.9 Å². The fourth-order valence-electron chi connectivity index (χ4n) is 7.37. The first kappa shape index (κ1) is 62.2. The van der Waals surface area contributed by atoms with Crippen molar-refractivity contribution in [3.8, 4) is 0 Å². The Balaban J connectivity index is 4.24. The molecule has 0 aliphatic rings. The van der Waals surface area contributed by atoms with Crippen LogP contribution in [0, 0.1) is 0 Å². The number of carbonyl (C=O) groups is 3. The van der Waals surface area contributed by atoms with Crippen molar-refractivity contribution in [2.45, 2.75) is 245 Å². The molecule has 0 heterocycles. The summed E-state index contributed by atoms with van der Waals surface area (Å²) in [5.41, 5.74) is 0. The van der Waals surface area contributed by atoms with Crippen molar-refractivity contribution in [3.63, 3.8) is 0 Å². The minimum atomic E-state index is -1.51. The number of carbonyl (C=O) groups excluding carboxylic acids is 2. The van der Waals surface area contributed by atoms with E-state index in [0.29, 0.717) is 17.4 Å². The van der Waals surface area contributed by atoms with Gasteiger partial charge in [0.2, 0.25) is 0 Å². The molecule has 2 unspecified atom stereocenters. The fourth-order valence-corrected chi connectivity index (χ4v) is 7.37. The molecule has 0 aliphatic carbocycles. The molecule has 1 N–H and O–H groups in total. The number of esters is 2. The van der Waals surface area contributed by atoms with Gasteiger partial charge in [0.05, 0.1) is 34.4 Å². The first-order chi connectivity index (χ1) is 31.6. The molecule has 0 aliphatic heterocycles. The third-order valence-electron chi connectivity index (χ3n) is 11.6. The number of hydrogen-bond donors (Lipinski definition) is 1. The van der Waals surface area contributed by atoms with E-state index in [0.717, 1.165) is 70.6 Å². The average molecular weight is 917 g/mol. The molecule has 0 saturated carbocycles. The SMILES string of the molecule is CCCCCC/C=C\CCCCCCCC(=O)OCC(COC(OCC[N+](C)(C)C)C(=O)O)OC(=O)CCCCCCCCCCCCCC/C=C\C/C=C\C/C=C\CCCCCCC. The van der Waals surface area contributed by atoms with Gasteiger partial charge in [0.25, 0.3) is 6.29 Å². The van der Waals surface area contributed by atoms with E-state index < -0.39 is 24.3 Å². The standard InChI is InChI=1S/C56H101NO8/c1-6-8-10-12-14-16-18-20-21-22-23-24-25-26-27-28-29-30-31-32-33-35-37-39-41-43-45-47-54(59)65-52(51-64-56(55(60)61)62-49-48-57(3,4)5)50-63-53(58)46-44-42-40-38-36-34-19-17-15-13-11-9-7-2/h17-20,22-23,25-26,52,56H,6-16,21,24,27-51H2,1-5H3/p+1/b19-17-,20-18-,23-22-,26-25-. The Kier molecular flexibility index (Phi) is 45.7. The van der Waals surface area contributed by atoms with Gasteiger partial charge in [-0.3, -0.25) is 9.59 Å². The minimum absolute atomic E-state index is 0.185. The number of rotatable bonds is 49. The number of hydrogen-bond acceptors (Lipinski definition) is 7. The molecule has 9 nitrogen and oxygen atoms in total. The lowest BCUT2D eigenvalue weighted by Crippen LogP contribution is -2.40. The number of likely N-dealkylation sites (N-methyl/N-ethyl adjacent to an activating group) is 1. The van der Waals surface area contributed by atoms with Crippen LogP contribution in [-0.4, -0.2) is 87.4 Å². The highest BCUT2D eigenvalue weighted by molar-refractivity contribution is 5.71. The van der Waals surface area contributed by atoms with Gasteiger partial charge in [-0.2, -0.15) is 0 Å². The summed E-state index contributed by atoms with van der Waals surface area (Å²) in [5, 5.41) is 9.67. The van der Waals surface area contributed by atoms with E-state index in [1.54, 1.807) is 0 Å². The lowest BCUT2D eigenvalue weighted by Gasteiger charge is -2.25. The average Bonchev–Trinajstić information content (AvgIpc) is 3.27. The second kappa shape index (κ2) is 47.7. The highest BCUT2D eigenvalue weighted by Crippen LogP contribution is 2.15. The molecule has 0 spiro atoms. The summed E-state index contributed by atoms with van der Waals surface area (Å²) in [4.78, 5) is 37.3. The van der Waals surface area contributed by atoms with Crippen molar-refractivity contribution in [3.05, 3.63) is 48.6 Å². The highest BCUT2D eigenvalue weighted by atomic mass is 16.7. The summed E-state index contributed by atoms with van der Waals surface area (Å²) in [7, 11) is 5.96. The predicted octanol–water partition coefficient (Wildman–Crippen LogP) is 15.1. The topological polar surface area (TPSA) is 108 Å². The van der Waals surface area contributed by atoms with Crippen LogP contribution in [0.25, 0.3) is 0 Å². The van der Waals surface area contributed by atoms with Crippen LogP contribution in [0.1, 0.15) is 232 Å². The molecule has 0 amide bonds. The van der Waals surface area contributed by atoms with Crippen LogP contribution in [0.15, 0.2) is 48.6 Å². The molecule has 378 valence electrons. The number of quaternary nitrogens is 1. The largest absolute Gasteiger partial charge is 0.477 e. The summed E-state index contributed by atoms with van der Waals surface area (Å²) in [6.45, 7) is 4.84. The normalized spacial score (nSPS) is 13.2. The maximum atomic E-state index is 12.8.